The summed E-state index contributed by atoms with van der Waals surface area (Å²) in [4.78, 5) is 12.9. The van der Waals surface area contributed by atoms with Crippen molar-refractivity contribution in [1.82, 2.24) is 15.0 Å². The first kappa shape index (κ1) is 16.7. The normalized spacial score (nSPS) is 11.8. The summed E-state index contributed by atoms with van der Waals surface area (Å²) in [6.07, 6.45) is 3.40. The number of anilines is 3. The fourth-order valence-electron chi connectivity index (χ4n) is 2.24. The van der Waals surface area contributed by atoms with Crippen molar-refractivity contribution in [2.75, 3.05) is 17.2 Å². The predicted molar refractivity (Wildman–Crippen MR) is 96.8 cm³/mol. The lowest BCUT2D eigenvalue weighted by atomic mass is 10.2. The average Bonchev–Trinajstić information content (AvgIpc) is 2.62. The number of aliphatic hydroxyl groups excluding tert-OH is 1. The van der Waals surface area contributed by atoms with Crippen LogP contribution in [0, 0.1) is 0 Å². The standard InChI is InChI=1S/C18H19N5O2/c1-12(11-24)20-18-22-16(13-5-7-19-8-6-13)10-17(23-18)21-14-3-2-4-15(25)9-14/h2-10,12,24-25H,11H2,1H3,(H2,20,21,22,23)/t12-/m1/s1. The van der Waals surface area contributed by atoms with Gasteiger partial charge in [-0.1, -0.05) is 6.07 Å². The minimum absolute atomic E-state index is 0.0296. The number of pyridine rings is 1. The number of hydrogen-bond acceptors (Lipinski definition) is 7. The molecule has 0 fully saturated rings. The monoisotopic (exact) mass is 337 g/mol. The van der Waals surface area contributed by atoms with Gasteiger partial charge < -0.3 is 20.8 Å². The summed E-state index contributed by atoms with van der Waals surface area (Å²) in [5.41, 5.74) is 2.32. The molecule has 0 amide bonds. The maximum absolute atomic E-state index is 9.61. The molecule has 25 heavy (non-hydrogen) atoms. The molecule has 7 nitrogen and oxygen atoms in total. The molecule has 2 aromatic heterocycles. The van der Waals surface area contributed by atoms with Crippen molar-refractivity contribution in [3.05, 3.63) is 54.9 Å². The van der Waals surface area contributed by atoms with E-state index in [-0.39, 0.29) is 18.4 Å². The van der Waals surface area contributed by atoms with E-state index in [4.69, 9.17) is 0 Å². The third kappa shape index (κ3) is 4.42. The molecule has 3 aromatic rings. The summed E-state index contributed by atoms with van der Waals surface area (Å²) in [6.45, 7) is 1.81. The van der Waals surface area contributed by atoms with Gasteiger partial charge >= 0.3 is 0 Å². The molecule has 1 aromatic carbocycles. The van der Waals surface area contributed by atoms with Crippen LogP contribution >= 0.6 is 0 Å². The Bertz CT molecular complexity index is 842. The van der Waals surface area contributed by atoms with E-state index in [1.54, 1.807) is 30.6 Å². The molecule has 128 valence electrons. The minimum atomic E-state index is -0.179. The molecule has 3 rings (SSSR count). The zero-order valence-corrected chi connectivity index (χ0v) is 13.7. The average molecular weight is 337 g/mol. The number of nitrogens with one attached hydrogen (secondary N) is 2. The molecular weight excluding hydrogens is 318 g/mol. The van der Waals surface area contributed by atoms with Gasteiger partial charge in [-0.2, -0.15) is 4.98 Å². The van der Waals surface area contributed by atoms with Crippen molar-refractivity contribution >= 4 is 17.5 Å². The Morgan fingerprint density at radius 1 is 1.08 bits per heavy atom. The highest BCUT2D eigenvalue weighted by atomic mass is 16.3. The van der Waals surface area contributed by atoms with Crippen LogP contribution in [0.3, 0.4) is 0 Å². The highest BCUT2D eigenvalue weighted by Crippen LogP contribution is 2.24. The Morgan fingerprint density at radius 2 is 1.88 bits per heavy atom. The largest absolute Gasteiger partial charge is 0.508 e. The fourth-order valence-corrected chi connectivity index (χ4v) is 2.24. The summed E-state index contributed by atoms with van der Waals surface area (Å²) < 4.78 is 0. The smallest absolute Gasteiger partial charge is 0.225 e. The van der Waals surface area contributed by atoms with Crippen LogP contribution in [0.25, 0.3) is 11.3 Å². The van der Waals surface area contributed by atoms with E-state index in [1.807, 2.05) is 31.2 Å². The molecule has 1 atom stereocenters. The molecule has 0 aliphatic rings. The van der Waals surface area contributed by atoms with E-state index < -0.39 is 0 Å². The van der Waals surface area contributed by atoms with Crippen LogP contribution in [0.5, 0.6) is 5.75 Å². The molecule has 0 bridgehead atoms. The Hall–Kier alpha value is -3.19. The number of hydrogen-bond donors (Lipinski definition) is 4. The number of nitrogens with zero attached hydrogens (tertiary/aromatic N) is 3. The molecule has 0 aliphatic carbocycles. The van der Waals surface area contributed by atoms with Crippen LogP contribution in [0.4, 0.5) is 17.5 Å². The van der Waals surface area contributed by atoms with Crippen molar-refractivity contribution in [3.8, 4) is 17.0 Å². The lowest BCUT2D eigenvalue weighted by molar-refractivity contribution is 0.281. The Kier molecular flexibility index (Phi) is 5.06. The number of aromatic hydroxyl groups is 1. The summed E-state index contributed by atoms with van der Waals surface area (Å²) >= 11 is 0. The molecule has 0 spiro atoms. The second-order valence-electron chi connectivity index (χ2n) is 5.60. The second kappa shape index (κ2) is 7.59. The summed E-state index contributed by atoms with van der Waals surface area (Å²) in [5.74, 6) is 1.14. The van der Waals surface area contributed by atoms with Gasteiger partial charge in [-0.15, -0.1) is 0 Å². The molecule has 7 heteroatoms. The lowest BCUT2D eigenvalue weighted by Crippen LogP contribution is -2.21. The second-order valence-corrected chi connectivity index (χ2v) is 5.60. The zero-order chi connectivity index (χ0) is 17.6. The van der Waals surface area contributed by atoms with Gasteiger partial charge in [0.1, 0.15) is 11.6 Å². The number of aliphatic hydroxyl groups is 1. The van der Waals surface area contributed by atoms with Gasteiger partial charge in [-0.05, 0) is 31.2 Å². The van der Waals surface area contributed by atoms with Gasteiger partial charge in [0.2, 0.25) is 5.95 Å². The Labute approximate surface area is 145 Å². The summed E-state index contributed by atoms with van der Waals surface area (Å²) in [5, 5.41) is 25.1. The highest BCUT2D eigenvalue weighted by molar-refractivity contribution is 5.67. The highest BCUT2D eigenvalue weighted by Gasteiger charge is 2.09. The van der Waals surface area contributed by atoms with Crippen molar-refractivity contribution in [3.63, 3.8) is 0 Å². The van der Waals surface area contributed by atoms with Crippen molar-refractivity contribution in [1.29, 1.82) is 0 Å². The van der Waals surface area contributed by atoms with Gasteiger partial charge in [0.25, 0.3) is 0 Å². The number of phenolic OH excluding ortho intramolecular Hbond substituents is 1. The topological polar surface area (TPSA) is 103 Å². The Balaban J connectivity index is 1.97. The first-order valence-corrected chi connectivity index (χ1v) is 7.87. The fraction of sp³-hybridized carbons (Fsp3) is 0.167. The Morgan fingerprint density at radius 3 is 2.60 bits per heavy atom. The molecule has 0 saturated heterocycles. The maximum Gasteiger partial charge on any atom is 0.225 e. The lowest BCUT2D eigenvalue weighted by Gasteiger charge is -2.14. The van der Waals surface area contributed by atoms with Crippen LogP contribution in [-0.4, -0.2) is 37.8 Å². The van der Waals surface area contributed by atoms with Crippen LogP contribution in [0.1, 0.15) is 6.92 Å². The molecule has 0 saturated carbocycles. The van der Waals surface area contributed by atoms with E-state index in [0.717, 1.165) is 5.56 Å². The number of rotatable bonds is 6. The van der Waals surface area contributed by atoms with Gasteiger partial charge in [0.05, 0.1) is 12.3 Å². The van der Waals surface area contributed by atoms with Crippen LogP contribution < -0.4 is 10.6 Å². The van der Waals surface area contributed by atoms with E-state index in [2.05, 4.69) is 25.6 Å². The third-order valence-corrected chi connectivity index (χ3v) is 3.47. The predicted octanol–water partition coefficient (Wildman–Crippen LogP) is 2.78. The van der Waals surface area contributed by atoms with Gasteiger partial charge in [0.15, 0.2) is 0 Å². The molecule has 0 radical (unpaired) electrons. The molecule has 2 heterocycles. The van der Waals surface area contributed by atoms with E-state index in [1.165, 1.54) is 0 Å². The van der Waals surface area contributed by atoms with Crippen LogP contribution in [0.2, 0.25) is 0 Å². The van der Waals surface area contributed by atoms with Gasteiger partial charge in [0, 0.05) is 41.8 Å². The van der Waals surface area contributed by atoms with E-state index >= 15 is 0 Å². The molecule has 0 aliphatic heterocycles. The van der Waals surface area contributed by atoms with E-state index in [9.17, 15) is 10.2 Å². The van der Waals surface area contributed by atoms with Crippen molar-refractivity contribution in [2.45, 2.75) is 13.0 Å². The van der Waals surface area contributed by atoms with Crippen LogP contribution in [0.15, 0.2) is 54.9 Å². The van der Waals surface area contributed by atoms with E-state index in [0.29, 0.717) is 23.1 Å². The molecular formula is C18H19N5O2. The minimum Gasteiger partial charge on any atom is -0.508 e. The summed E-state index contributed by atoms with van der Waals surface area (Å²) in [7, 11) is 0. The first-order valence-electron chi connectivity index (χ1n) is 7.87. The van der Waals surface area contributed by atoms with Crippen molar-refractivity contribution in [2.24, 2.45) is 0 Å². The first-order chi connectivity index (χ1) is 12.1. The SMILES string of the molecule is C[C@H](CO)Nc1nc(Nc2cccc(O)c2)cc(-c2ccncc2)n1. The van der Waals surface area contributed by atoms with Crippen LogP contribution in [-0.2, 0) is 0 Å². The zero-order valence-electron chi connectivity index (χ0n) is 13.7. The number of benzene rings is 1. The molecule has 4 N–H and O–H groups in total. The molecule has 0 unspecified atom stereocenters. The number of aromatic nitrogens is 3. The van der Waals surface area contributed by atoms with Gasteiger partial charge in [-0.3, -0.25) is 4.98 Å². The van der Waals surface area contributed by atoms with Crippen molar-refractivity contribution < 1.29 is 10.2 Å². The third-order valence-electron chi connectivity index (χ3n) is 3.47. The van der Waals surface area contributed by atoms with Gasteiger partial charge in [-0.25, -0.2) is 4.98 Å². The summed E-state index contributed by atoms with van der Waals surface area (Å²) in [6, 6.07) is 12.1. The number of phenols is 1. The maximum atomic E-state index is 9.61. The quantitative estimate of drug-likeness (QED) is 0.548.